The number of hydrogen-bond donors (Lipinski definition) is 2. The minimum atomic E-state index is -0.403. The van der Waals surface area contributed by atoms with E-state index in [4.69, 9.17) is 11.6 Å². The minimum Gasteiger partial charge on any atom is -0.354 e. The molecular formula is C25H27ClFN5O2. The molecule has 178 valence electrons. The summed E-state index contributed by atoms with van der Waals surface area (Å²) in [5.41, 5.74) is 2.61. The molecule has 0 unspecified atom stereocenters. The second-order valence-corrected chi connectivity index (χ2v) is 9.84. The van der Waals surface area contributed by atoms with Crippen molar-refractivity contribution in [1.82, 2.24) is 20.1 Å². The lowest BCUT2D eigenvalue weighted by Crippen LogP contribution is -2.40. The summed E-state index contributed by atoms with van der Waals surface area (Å²) in [6.07, 6.45) is 6.73. The zero-order chi connectivity index (χ0) is 24.0. The highest BCUT2D eigenvalue weighted by molar-refractivity contribution is 6.33. The van der Waals surface area contributed by atoms with Crippen molar-refractivity contribution in [3.05, 3.63) is 40.9 Å². The Balaban J connectivity index is 1.41. The molecule has 2 aliphatic carbocycles. The van der Waals surface area contributed by atoms with Crippen molar-refractivity contribution in [2.45, 2.75) is 57.4 Å². The van der Waals surface area contributed by atoms with Gasteiger partial charge < -0.3 is 10.6 Å². The summed E-state index contributed by atoms with van der Waals surface area (Å²) in [5, 5.41) is 11.3. The fraction of sp³-hybridized carbons (Fsp3) is 0.440. The second kappa shape index (κ2) is 8.98. The summed E-state index contributed by atoms with van der Waals surface area (Å²) in [5.74, 6) is -0.0701. The summed E-state index contributed by atoms with van der Waals surface area (Å²) in [6.45, 7) is 1.49. The van der Waals surface area contributed by atoms with Crippen LogP contribution < -0.4 is 10.6 Å². The molecule has 1 aromatic carbocycles. The van der Waals surface area contributed by atoms with E-state index in [0.29, 0.717) is 39.8 Å². The molecule has 0 saturated heterocycles. The van der Waals surface area contributed by atoms with Crippen molar-refractivity contribution in [3.63, 3.8) is 0 Å². The number of carbonyl (C=O) groups is 2. The number of amides is 2. The first-order valence-electron chi connectivity index (χ1n) is 11.7. The van der Waals surface area contributed by atoms with E-state index in [2.05, 4.69) is 20.7 Å². The first-order chi connectivity index (χ1) is 16.3. The second-order valence-electron chi connectivity index (χ2n) is 9.44. The van der Waals surface area contributed by atoms with Crippen LogP contribution in [0.3, 0.4) is 0 Å². The van der Waals surface area contributed by atoms with Crippen molar-refractivity contribution in [3.8, 4) is 11.1 Å². The highest BCUT2D eigenvalue weighted by Crippen LogP contribution is 2.44. The molecule has 9 heteroatoms. The Morgan fingerprint density at radius 1 is 1.18 bits per heavy atom. The Bertz CT molecular complexity index is 1290. The van der Waals surface area contributed by atoms with E-state index in [1.165, 1.54) is 19.2 Å². The smallest absolute Gasteiger partial charge is 0.228 e. The van der Waals surface area contributed by atoms with E-state index in [9.17, 15) is 14.0 Å². The third kappa shape index (κ3) is 4.51. The summed E-state index contributed by atoms with van der Waals surface area (Å²) >= 11 is 6.45. The van der Waals surface area contributed by atoms with Crippen molar-refractivity contribution in [1.29, 1.82) is 0 Å². The number of halogens is 2. The summed E-state index contributed by atoms with van der Waals surface area (Å²) in [4.78, 5) is 28.6. The summed E-state index contributed by atoms with van der Waals surface area (Å²) in [7, 11) is 1.85. The monoisotopic (exact) mass is 483 g/mol. The van der Waals surface area contributed by atoms with Crippen LogP contribution in [0.25, 0.3) is 22.0 Å². The molecule has 2 amide bonds. The molecule has 2 fully saturated rings. The number of aromatic nitrogens is 3. The standard InChI is InChI=1S/C25H27ClFN5O2/c1-13(33)29-17-5-3-4-15(8-17)25(34)30-22-11-18(20(26)12-28-22)16-9-19-23(21(27)10-16)31-32(2)24(19)14-6-7-14/h9-12,14-15,17H,3-8H2,1-2H3,(H,29,33)(H,28,30,34)/t15-,17+/m0/s1. The molecule has 2 N–H and O–H groups in total. The lowest BCUT2D eigenvalue weighted by Gasteiger charge is -2.28. The summed E-state index contributed by atoms with van der Waals surface area (Å²) in [6, 6.07) is 5.04. The maximum Gasteiger partial charge on any atom is 0.228 e. The molecule has 0 radical (unpaired) electrons. The summed E-state index contributed by atoms with van der Waals surface area (Å²) < 4.78 is 16.8. The number of nitrogens with zero attached hydrogens (tertiary/aromatic N) is 3. The van der Waals surface area contributed by atoms with E-state index in [0.717, 1.165) is 43.2 Å². The van der Waals surface area contributed by atoms with E-state index in [-0.39, 0.29) is 23.8 Å². The van der Waals surface area contributed by atoms with Crippen LogP contribution in [0.5, 0.6) is 0 Å². The third-order valence-electron chi connectivity index (χ3n) is 6.77. The van der Waals surface area contributed by atoms with Crippen molar-refractivity contribution in [2.24, 2.45) is 13.0 Å². The third-order valence-corrected chi connectivity index (χ3v) is 7.07. The quantitative estimate of drug-likeness (QED) is 0.538. The van der Waals surface area contributed by atoms with Gasteiger partial charge in [0.1, 0.15) is 11.3 Å². The van der Waals surface area contributed by atoms with Crippen LogP contribution in [0.15, 0.2) is 24.4 Å². The molecule has 3 aromatic rings. The molecule has 5 rings (SSSR count). The van der Waals surface area contributed by atoms with E-state index < -0.39 is 5.82 Å². The highest BCUT2D eigenvalue weighted by Gasteiger charge is 2.30. The first kappa shape index (κ1) is 22.8. The molecule has 0 bridgehead atoms. The van der Waals surface area contributed by atoms with E-state index >= 15 is 0 Å². The van der Waals surface area contributed by atoms with E-state index in [1.54, 1.807) is 10.7 Å². The SMILES string of the molecule is CC(=O)N[C@@H]1CCC[C@H](C(=O)Nc2cc(-c3cc(F)c4nn(C)c(C5CC5)c4c3)c(Cl)cn2)C1. The van der Waals surface area contributed by atoms with Crippen molar-refractivity contribution in [2.75, 3.05) is 5.32 Å². The van der Waals surface area contributed by atoms with Crippen LogP contribution in [0.4, 0.5) is 10.2 Å². The number of carbonyl (C=O) groups excluding carboxylic acids is 2. The number of aryl methyl sites for hydroxylation is 1. The molecular weight excluding hydrogens is 457 g/mol. The molecule has 2 saturated carbocycles. The van der Waals surface area contributed by atoms with Gasteiger partial charge in [-0.1, -0.05) is 18.0 Å². The van der Waals surface area contributed by atoms with Gasteiger partial charge in [-0.05, 0) is 55.9 Å². The molecule has 7 nitrogen and oxygen atoms in total. The Morgan fingerprint density at radius 2 is 1.97 bits per heavy atom. The van der Waals surface area contributed by atoms with Gasteiger partial charge in [-0.3, -0.25) is 14.3 Å². The van der Waals surface area contributed by atoms with Gasteiger partial charge in [0, 0.05) is 54.7 Å². The fourth-order valence-corrected chi connectivity index (χ4v) is 5.29. The maximum absolute atomic E-state index is 15.0. The lowest BCUT2D eigenvalue weighted by molar-refractivity contribution is -0.123. The zero-order valence-corrected chi connectivity index (χ0v) is 20.0. The number of hydrogen-bond acceptors (Lipinski definition) is 4. The van der Waals surface area contributed by atoms with Crippen LogP contribution in [0, 0.1) is 11.7 Å². The first-order valence-corrected chi connectivity index (χ1v) is 12.1. The van der Waals surface area contributed by atoms with Gasteiger partial charge in [-0.2, -0.15) is 5.10 Å². The number of fused-ring (bicyclic) bond motifs is 1. The molecule has 2 aromatic heterocycles. The van der Waals surface area contributed by atoms with Crippen LogP contribution in [-0.4, -0.2) is 32.6 Å². The van der Waals surface area contributed by atoms with Gasteiger partial charge in [0.15, 0.2) is 5.82 Å². The van der Waals surface area contributed by atoms with Crippen molar-refractivity contribution >= 4 is 40.1 Å². The average Bonchev–Trinajstić information content (AvgIpc) is 3.56. The molecule has 2 heterocycles. The molecule has 2 aliphatic rings. The molecule has 34 heavy (non-hydrogen) atoms. The number of pyridine rings is 1. The van der Waals surface area contributed by atoms with Crippen LogP contribution >= 0.6 is 11.6 Å². The lowest BCUT2D eigenvalue weighted by atomic mass is 9.85. The van der Waals surface area contributed by atoms with Gasteiger partial charge in [-0.15, -0.1) is 0 Å². The Kier molecular flexibility index (Phi) is 6.02. The number of benzene rings is 1. The van der Waals surface area contributed by atoms with Gasteiger partial charge in [0.2, 0.25) is 11.8 Å². The average molecular weight is 484 g/mol. The minimum absolute atomic E-state index is 0.00517. The normalized spacial score (nSPS) is 20.4. The number of nitrogens with one attached hydrogen (secondary N) is 2. The number of rotatable bonds is 5. The molecule has 2 atom stereocenters. The topological polar surface area (TPSA) is 88.9 Å². The fourth-order valence-electron chi connectivity index (χ4n) is 5.07. The molecule has 0 spiro atoms. The predicted octanol–water partition coefficient (Wildman–Crippen LogP) is 4.94. The maximum atomic E-state index is 15.0. The van der Waals surface area contributed by atoms with Crippen molar-refractivity contribution < 1.29 is 14.0 Å². The Hall–Kier alpha value is -3.00. The van der Waals surface area contributed by atoms with Crippen LogP contribution in [0.2, 0.25) is 5.02 Å². The zero-order valence-electron chi connectivity index (χ0n) is 19.2. The molecule has 0 aliphatic heterocycles. The van der Waals surface area contributed by atoms with Gasteiger partial charge in [0.25, 0.3) is 0 Å². The number of anilines is 1. The van der Waals surface area contributed by atoms with Gasteiger partial charge in [-0.25, -0.2) is 9.37 Å². The Labute approximate surface area is 202 Å². The van der Waals surface area contributed by atoms with Gasteiger partial charge >= 0.3 is 0 Å². The predicted molar refractivity (Wildman–Crippen MR) is 129 cm³/mol. The van der Waals surface area contributed by atoms with E-state index in [1.807, 2.05) is 13.1 Å². The largest absolute Gasteiger partial charge is 0.354 e. The van der Waals surface area contributed by atoms with Crippen LogP contribution in [0.1, 0.15) is 57.1 Å². The van der Waals surface area contributed by atoms with Crippen LogP contribution in [-0.2, 0) is 16.6 Å². The Morgan fingerprint density at radius 3 is 2.71 bits per heavy atom. The van der Waals surface area contributed by atoms with Gasteiger partial charge in [0.05, 0.1) is 5.02 Å². The highest BCUT2D eigenvalue weighted by atomic mass is 35.5.